The van der Waals surface area contributed by atoms with Gasteiger partial charge in [0.25, 0.3) is 5.91 Å². The second-order valence-corrected chi connectivity index (χ2v) is 10.3. The predicted molar refractivity (Wildman–Crippen MR) is 148 cm³/mol. The number of amides is 1. The van der Waals surface area contributed by atoms with Crippen molar-refractivity contribution in [2.45, 2.75) is 32.1 Å². The van der Waals surface area contributed by atoms with Crippen LogP contribution in [0.5, 0.6) is 0 Å². The number of hydrogen-bond donors (Lipinski definition) is 0. The molecule has 0 radical (unpaired) electrons. The summed E-state index contributed by atoms with van der Waals surface area (Å²) in [6.07, 6.45) is 7.80. The normalized spacial score (nSPS) is 17.3. The number of para-hydroxylation sites is 1. The van der Waals surface area contributed by atoms with Crippen LogP contribution in [0, 0.1) is 0 Å². The number of rotatable bonds is 5. The van der Waals surface area contributed by atoms with Gasteiger partial charge >= 0.3 is 0 Å². The molecule has 196 valence electrons. The van der Waals surface area contributed by atoms with Crippen molar-refractivity contribution in [2.24, 2.45) is 0 Å². The van der Waals surface area contributed by atoms with Crippen LogP contribution in [0.4, 0.5) is 5.69 Å². The average Bonchev–Trinajstić information content (AvgIpc) is 3.41. The Bertz CT molecular complexity index is 1420. The minimum atomic E-state index is 0.0602. The lowest BCUT2D eigenvalue weighted by Crippen LogP contribution is -2.44. The molecule has 0 saturated carbocycles. The van der Waals surface area contributed by atoms with Gasteiger partial charge in [0, 0.05) is 45.2 Å². The molecule has 0 atom stereocenters. The molecule has 9 nitrogen and oxygen atoms in total. The lowest BCUT2D eigenvalue weighted by atomic mass is 9.92. The van der Waals surface area contributed by atoms with Crippen molar-refractivity contribution < 1.29 is 4.79 Å². The van der Waals surface area contributed by atoms with Crippen LogP contribution in [0.2, 0.25) is 0 Å². The van der Waals surface area contributed by atoms with E-state index < -0.39 is 0 Å². The fourth-order valence-electron chi connectivity index (χ4n) is 5.70. The molecular weight excluding hydrogens is 476 g/mol. The highest BCUT2D eigenvalue weighted by atomic mass is 16.2. The first-order chi connectivity index (χ1) is 18.6. The summed E-state index contributed by atoms with van der Waals surface area (Å²) in [5.41, 5.74) is 6.52. The van der Waals surface area contributed by atoms with Crippen LogP contribution in [0.3, 0.4) is 0 Å². The fourth-order valence-corrected chi connectivity index (χ4v) is 5.70. The number of likely N-dealkylation sites (N-methyl/N-ethyl adjacent to an activating group) is 1. The first-order valence-corrected chi connectivity index (χ1v) is 13.6. The summed E-state index contributed by atoms with van der Waals surface area (Å²) >= 11 is 0. The van der Waals surface area contributed by atoms with E-state index in [9.17, 15) is 4.79 Å². The minimum absolute atomic E-state index is 0.0602. The van der Waals surface area contributed by atoms with Gasteiger partial charge in [-0.05, 0) is 44.5 Å². The number of fused-ring (bicyclic) bond motifs is 1. The number of hydrogen-bond acceptors (Lipinski definition) is 7. The summed E-state index contributed by atoms with van der Waals surface area (Å²) in [4.78, 5) is 34.3. The molecule has 6 rings (SSSR count). The average molecular weight is 511 g/mol. The van der Waals surface area contributed by atoms with E-state index in [1.54, 1.807) is 12.5 Å². The second-order valence-electron chi connectivity index (χ2n) is 10.3. The standard InChI is InChI=1S/C29H34N8O/c1-3-26-24(19-33-37(26)22-7-5-4-6-8-22)29(38)36-11-9-21(10-12-36)27-28-25(31-20-32-27)17-23(18-30-28)35-15-13-34(2)14-16-35/h4-8,17-21H,3,9-16H2,1-2H3. The highest BCUT2D eigenvalue weighted by Crippen LogP contribution is 2.32. The number of piperidine rings is 1. The zero-order valence-corrected chi connectivity index (χ0v) is 22.1. The van der Waals surface area contributed by atoms with Gasteiger partial charge in [-0.3, -0.25) is 9.78 Å². The number of nitrogens with zero attached hydrogens (tertiary/aromatic N) is 8. The van der Waals surface area contributed by atoms with Crippen molar-refractivity contribution in [3.05, 3.63) is 72.1 Å². The van der Waals surface area contributed by atoms with Crippen molar-refractivity contribution in [3.63, 3.8) is 0 Å². The number of aromatic nitrogens is 5. The van der Waals surface area contributed by atoms with E-state index >= 15 is 0 Å². The number of pyridine rings is 1. The van der Waals surface area contributed by atoms with Crippen LogP contribution in [0.25, 0.3) is 16.7 Å². The molecule has 9 heteroatoms. The molecule has 4 aromatic rings. The number of carbonyl (C=O) groups is 1. The maximum atomic E-state index is 13.5. The van der Waals surface area contributed by atoms with Gasteiger partial charge in [0.15, 0.2) is 0 Å². The number of carbonyl (C=O) groups excluding carboxylic acids is 1. The Morgan fingerprint density at radius 1 is 0.921 bits per heavy atom. The Labute approximate surface area is 223 Å². The molecule has 0 unspecified atom stereocenters. The number of piperazine rings is 1. The van der Waals surface area contributed by atoms with Crippen molar-refractivity contribution in [3.8, 4) is 5.69 Å². The third-order valence-corrected chi connectivity index (χ3v) is 7.96. The molecule has 0 aliphatic carbocycles. The molecule has 2 aliphatic rings. The van der Waals surface area contributed by atoms with Crippen LogP contribution in [-0.4, -0.2) is 86.8 Å². The Morgan fingerprint density at radius 3 is 2.42 bits per heavy atom. The van der Waals surface area contributed by atoms with Crippen molar-refractivity contribution in [2.75, 3.05) is 51.2 Å². The molecular formula is C29H34N8O. The Morgan fingerprint density at radius 2 is 1.68 bits per heavy atom. The lowest BCUT2D eigenvalue weighted by molar-refractivity contribution is 0.0711. The van der Waals surface area contributed by atoms with Gasteiger partial charge in [-0.25, -0.2) is 14.6 Å². The summed E-state index contributed by atoms with van der Waals surface area (Å²) in [6, 6.07) is 12.1. The van der Waals surface area contributed by atoms with E-state index in [2.05, 4.69) is 44.9 Å². The number of likely N-dealkylation sites (tertiary alicyclic amines) is 1. The van der Waals surface area contributed by atoms with Crippen LogP contribution < -0.4 is 4.90 Å². The third kappa shape index (κ3) is 4.62. The minimum Gasteiger partial charge on any atom is -0.368 e. The maximum absolute atomic E-state index is 13.5. The largest absolute Gasteiger partial charge is 0.368 e. The lowest BCUT2D eigenvalue weighted by Gasteiger charge is -2.34. The van der Waals surface area contributed by atoms with Crippen molar-refractivity contribution in [1.29, 1.82) is 0 Å². The van der Waals surface area contributed by atoms with Gasteiger partial charge in [0.2, 0.25) is 0 Å². The zero-order chi connectivity index (χ0) is 26.1. The molecule has 2 aliphatic heterocycles. The Kier molecular flexibility index (Phi) is 6.76. The molecule has 1 amide bonds. The van der Waals surface area contributed by atoms with Gasteiger partial charge in [0.05, 0.1) is 46.2 Å². The summed E-state index contributed by atoms with van der Waals surface area (Å²) in [7, 11) is 2.16. The molecule has 5 heterocycles. The third-order valence-electron chi connectivity index (χ3n) is 7.96. The SMILES string of the molecule is CCc1c(C(=O)N2CCC(c3ncnc4cc(N5CCN(C)CC5)cnc34)CC2)cnn1-c1ccccc1. The van der Waals surface area contributed by atoms with Crippen LogP contribution >= 0.6 is 0 Å². The smallest absolute Gasteiger partial charge is 0.257 e. The van der Waals surface area contributed by atoms with E-state index in [-0.39, 0.29) is 11.8 Å². The number of benzene rings is 1. The zero-order valence-electron chi connectivity index (χ0n) is 22.1. The van der Waals surface area contributed by atoms with E-state index in [1.807, 2.05) is 46.1 Å². The maximum Gasteiger partial charge on any atom is 0.257 e. The first kappa shape index (κ1) is 24.5. The summed E-state index contributed by atoms with van der Waals surface area (Å²) < 4.78 is 1.88. The topological polar surface area (TPSA) is 83.3 Å². The van der Waals surface area contributed by atoms with Crippen LogP contribution in [-0.2, 0) is 6.42 Å². The van der Waals surface area contributed by atoms with Gasteiger partial charge in [-0.1, -0.05) is 25.1 Å². The molecule has 2 saturated heterocycles. The Hall–Kier alpha value is -3.85. The van der Waals surface area contributed by atoms with Crippen LogP contribution in [0.15, 0.2) is 55.1 Å². The summed E-state index contributed by atoms with van der Waals surface area (Å²) in [6.45, 7) is 7.55. The quantitative estimate of drug-likeness (QED) is 0.406. The van der Waals surface area contributed by atoms with Gasteiger partial charge in [0.1, 0.15) is 11.8 Å². The fraction of sp³-hybridized carbons (Fsp3) is 0.414. The molecule has 38 heavy (non-hydrogen) atoms. The molecule has 2 fully saturated rings. The van der Waals surface area contributed by atoms with Crippen molar-refractivity contribution >= 4 is 22.6 Å². The van der Waals surface area contributed by atoms with E-state index in [0.717, 1.165) is 79.2 Å². The van der Waals surface area contributed by atoms with E-state index in [4.69, 9.17) is 4.98 Å². The molecule has 0 N–H and O–H groups in total. The first-order valence-electron chi connectivity index (χ1n) is 13.6. The summed E-state index contributed by atoms with van der Waals surface area (Å²) in [5.74, 6) is 0.314. The van der Waals surface area contributed by atoms with Crippen LogP contribution in [0.1, 0.15) is 47.4 Å². The number of anilines is 1. The summed E-state index contributed by atoms with van der Waals surface area (Å²) in [5, 5.41) is 4.55. The second kappa shape index (κ2) is 10.5. The highest BCUT2D eigenvalue weighted by Gasteiger charge is 2.29. The van der Waals surface area contributed by atoms with E-state index in [0.29, 0.717) is 18.7 Å². The molecule has 0 bridgehead atoms. The highest BCUT2D eigenvalue weighted by molar-refractivity contribution is 5.95. The molecule has 0 spiro atoms. The van der Waals surface area contributed by atoms with Crippen molar-refractivity contribution in [1.82, 2.24) is 34.5 Å². The predicted octanol–water partition coefficient (Wildman–Crippen LogP) is 3.54. The van der Waals surface area contributed by atoms with Gasteiger partial charge < -0.3 is 14.7 Å². The van der Waals surface area contributed by atoms with Gasteiger partial charge in [-0.15, -0.1) is 0 Å². The molecule has 1 aromatic carbocycles. The monoisotopic (exact) mass is 510 g/mol. The Balaban J connectivity index is 1.17. The van der Waals surface area contributed by atoms with E-state index in [1.165, 1.54) is 0 Å². The van der Waals surface area contributed by atoms with Gasteiger partial charge in [-0.2, -0.15) is 5.10 Å². The molecule has 3 aromatic heterocycles.